The minimum atomic E-state index is 0.145. The van der Waals surface area contributed by atoms with Gasteiger partial charge >= 0.3 is 0 Å². The standard InChI is InChI=1S/C21H27N3OS/c1-16-8-9-19(12-17(16)2)23-21(26)22-13-20-15-24(10-11-25-20)14-18-6-4-3-5-7-18/h3-9,12,20H,10-11,13-15H2,1-2H3,(H2,22,23,26)/t20-/m1/s1. The Kier molecular flexibility index (Phi) is 6.61. The molecule has 1 heterocycles. The number of benzene rings is 2. The molecule has 2 aromatic rings. The molecule has 3 rings (SSSR count). The van der Waals surface area contributed by atoms with Gasteiger partial charge in [-0.25, -0.2) is 0 Å². The molecule has 0 spiro atoms. The predicted molar refractivity (Wildman–Crippen MR) is 112 cm³/mol. The number of hydrogen-bond donors (Lipinski definition) is 2. The van der Waals surface area contributed by atoms with Crippen LogP contribution in [0.25, 0.3) is 0 Å². The van der Waals surface area contributed by atoms with Crippen LogP contribution in [0.1, 0.15) is 16.7 Å². The van der Waals surface area contributed by atoms with E-state index >= 15 is 0 Å². The van der Waals surface area contributed by atoms with Crippen molar-refractivity contribution >= 4 is 23.0 Å². The fourth-order valence-corrected chi connectivity index (χ4v) is 3.29. The number of nitrogens with one attached hydrogen (secondary N) is 2. The van der Waals surface area contributed by atoms with Gasteiger partial charge in [-0.2, -0.15) is 0 Å². The van der Waals surface area contributed by atoms with Crippen LogP contribution in [0.3, 0.4) is 0 Å². The molecule has 0 radical (unpaired) electrons. The second-order valence-corrected chi connectivity index (χ2v) is 7.26. The first-order valence-corrected chi connectivity index (χ1v) is 9.51. The summed E-state index contributed by atoms with van der Waals surface area (Å²) in [6.45, 7) is 8.53. The molecule has 2 aromatic carbocycles. The van der Waals surface area contributed by atoms with E-state index in [0.717, 1.165) is 31.9 Å². The van der Waals surface area contributed by atoms with Crippen LogP contribution in [0, 0.1) is 13.8 Å². The smallest absolute Gasteiger partial charge is 0.170 e. The third-order valence-corrected chi connectivity index (χ3v) is 4.97. The van der Waals surface area contributed by atoms with Crippen molar-refractivity contribution in [2.24, 2.45) is 0 Å². The van der Waals surface area contributed by atoms with Crippen molar-refractivity contribution < 1.29 is 4.74 Å². The lowest BCUT2D eigenvalue weighted by molar-refractivity contribution is -0.0279. The highest BCUT2D eigenvalue weighted by Gasteiger charge is 2.20. The fourth-order valence-electron chi connectivity index (χ4n) is 3.09. The zero-order chi connectivity index (χ0) is 18.4. The average Bonchev–Trinajstić information content (AvgIpc) is 2.64. The summed E-state index contributed by atoms with van der Waals surface area (Å²) in [6, 6.07) is 16.8. The number of nitrogens with zero attached hydrogens (tertiary/aromatic N) is 1. The van der Waals surface area contributed by atoms with Gasteiger partial charge in [0.15, 0.2) is 5.11 Å². The molecule has 1 aliphatic heterocycles. The van der Waals surface area contributed by atoms with Crippen LogP contribution in [-0.2, 0) is 11.3 Å². The zero-order valence-electron chi connectivity index (χ0n) is 15.5. The lowest BCUT2D eigenvalue weighted by Gasteiger charge is -2.33. The molecule has 26 heavy (non-hydrogen) atoms. The Balaban J connectivity index is 1.44. The number of aryl methyl sites for hydroxylation is 2. The summed E-state index contributed by atoms with van der Waals surface area (Å²) in [5.74, 6) is 0. The molecular formula is C21H27N3OS. The Labute approximate surface area is 161 Å². The summed E-state index contributed by atoms with van der Waals surface area (Å²) in [6.07, 6.45) is 0.145. The van der Waals surface area contributed by atoms with Crippen molar-refractivity contribution in [3.8, 4) is 0 Å². The van der Waals surface area contributed by atoms with Gasteiger partial charge in [-0.05, 0) is 54.9 Å². The summed E-state index contributed by atoms with van der Waals surface area (Å²) in [7, 11) is 0. The Hall–Kier alpha value is -1.95. The number of rotatable bonds is 5. The summed E-state index contributed by atoms with van der Waals surface area (Å²) in [5.41, 5.74) is 4.89. The molecule has 0 saturated carbocycles. The lowest BCUT2D eigenvalue weighted by Crippen LogP contribution is -2.47. The first-order chi connectivity index (χ1) is 12.6. The molecule has 0 unspecified atom stereocenters. The van der Waals surface area contributed by atoms with Crippen molar-refractivity contribution in [1.29, 1.82) is 0 Å². The summed E-state index contributed by atoms with van der Waals surface area (Å²) in [4.78, 5) is 2.44. The maximum absolute atomic E-state index is 5.89. The van der Waals surface area contributed by atoms with Crippen LogP contribution in [0.2, 0.25) is 0 Å². The molecule has 1 atom stereocenters. The van der Waals surface area contributed by atoms with Crippen molar-refractivity contribution in [2.75, 3.05) is 31.6 Å². The molecule has 0 bridgehead atoms. The summed E-state index contributed by atoms with van der Waals surface area (Å²) < 4.78 is 5.89. The highest BCUT2D eigenvalue weighted by Crippen LogP contribution is 2.14. The van der Waals surface area contributed by atoms with Gasteiger partial charge in [-0.15, -0.1) is 0 Å². The largest absolute Gasteiger partial charge is 0.374 e. The van der Waals surface area contributed by atoms with E-state index < -0.39 is 0 Å². The Morgan fingerprint density at radius 2 is 1.96 bits per heavy atom. The van der Waals surface area contributed by atoms with E-state index in [1.165, 1.54) is 16.7 Å². The molecule has 1 saturated heterocycles. The third kappa shape index (κ3) is 5.53. The van der Waals surface area contributed by atoms with Crippen LogP contribution in [-0.4, -0.2) is 42.4 Å². The van der Waals surface area contributed by atoms with Gasteiger partial charge in [0, 0.05) is 31.9 Å². The van der Waals surface area contributed by atoms with E-state index in [9.17, 15) is 0 Å². The van der Waals surface area contributed by atoms with Crippen molar-refractivity contribution in [1.82, 2.24) is 10.2 Å². The molecule has 0 aromatic heterocycles. The van der Waals surface area contributed by atoms with Crippen LogP contribution < -0.4 is 10.6 Å². The zero-order valence-corrected chi connectivity index (χ0v) is 16.3. The topological polar surface area (TPSA) is 36.5 Å². The van der Waals surface area contributed by atoms with E-state index in [1.807, 2.05) is 0 Å². The van der Waals surface area contributed by atoms with Crippen molar-refractivity contribution in [3.05, 3.63) is 65.2 Å². The molecule has 1 fully saturated rings. The van der Waals surface area contributed by atoms with Crippen molar-refractivity contribution in [3.63, 3.8) is 0 Å². The second-order valence-electron chi connectivity index (χ2n) is 6.85. The number of thiocarbonyl (C=S) groups is 1. The predicted octanol–water partition coefficient (Wildman–Crippen LogP) is 3.49. The van der Waals surface area contributed by atoms with E-state index in [2.05, 4.69) is 77.9 Å². The minimum Gasteiger partial charge on any atom is -0.374 e. The molecular weight excluding hydrogens is 342 g/mol. The van der Waals surface area contributed by atoms with Gasteiger partial charge in [0.1, 0.15) is 0 Å². The van der Waals surface area contributed by atoms with Crippen LogP contribution in [0.4, 0.5) is 5.69 Å². The Morgan fingerprint density at radius 1 is 1.15 bits per heavy atom. The number of morpholine rings is 1. The van der Waals surface area contributed by atoms with E-state index in [4.69, 9.17) is 17.0 Å². The summed E-state index contributed by atoms with van der Waals surface area (Å²) in [5, 5.41) is 7.18. The molecule has 1 aliphatic rings. The Bertz CT molecular complexity index is 735. The van der Waals surface area contributed by atoms with E-state index in [0.29, 0.717) is 11.7 Å². The molecule has 138 valence electrons. The Morgan fingerprint density at radius 3 is 2.73 bits per heavy atom. The van der Waals surface area contributed by atoms with Gasteiger partial charge in [-0.1, -0.05) is 36.4 Å². The molecule has 4 nitrogen and oxygen atoms in total. The minimum absolute atomic E-state index is 0.145. The lowest BCUT2D eigenvalue weighted by atomic mass is 10.1. The fraction of sp³-hybridized carbons (Fsp3) is 0.381. The highest BCUT2D eigenvalue weighted by molar-refractivity contribution is 7.80. The number of anilines is 1. The molecule has 0 amide bonds. The number of ether oxygens (including phenoxy) is 1. The highest BCUT2D eigenvalue weighted by atomic mass is 32.1. The van der Waals surface area contributed by atoms with E-state index in [1.54, 1.807) is 0 Å². The maximum Gasteiger partial charge on any atom is 0.170 e. The van der Waals surface area contributed by atoms with Gasteiger partial charge in [-0.3, -0.25) is 4.90 Å². The molecule has 2 N–H and O–H groups in total. The first-order valence-electron chi connectivity index (χ1n) is 9.10. The first kappa shape index (κ1) is 18.8. The quantitative estimate of drug-likeness (QED) is 0.789. The normalized spacial score (nSPS) is 17.7. The van der Waals surface area contributed by atoms with Crippen LogP contribution in [0.15, 0.2) is 48.5 Å². The van der Waals surface area contributed by atoms with Crippen LogP contribution >= 0.6 is 12.2 Å². The molecule has 5 heteroatoms. The summed E-state index contributed by atoms with van der Waals surface area (Å²) >= 11 is 5.42. The third-order valence-electron chi connectivity index (χ3n) is 4.73. The van der Waals surface area contributed by atoms with E-state index in [-0.39, 0.29) is 6.10 Å². The van der Waals surface area contributed by atoms with Crippen molar-refractivity contribution in [2.45, 2.75) is 26.5 Å². The van der Waals surface area contributed by atoms with Crippen LogP contribution in [0.5, 0.6) is 0 Å². The van der Waals surface area contributed by atoms with Gasteiger partial charge < -0.3 is 15.4 Å². The van der Waals surface area contributed by atoms with Gasteiger partial charge in [0.05, 0.1) is 12.7 Å². The second kappa shape index (κ2) is 9.12. The maximum atomic E-state index is 5.89. The number of hydrogen-bond acceptors (Lipinski definition) is 3. The van der Waals surface area contributed by atoms with Gasteiger partial charge in [0.2, 0.25) is 0 Å². The average molecular weight is 370 g/mol. The SMILES string of the molecule is Cc1ccc(NC(=S)NC[C@@H]2CN(Cc3ccccc3)CCO2)cc1C. The molecule has 0 aliphatic carbocycles. The monoisotopic (exact) mass is 369 g/mol. The van der Waals surface area contributed by atoms with Gasteiger partial charge in [0.25, 0.3) is 0 Å².